The van der Waals surface area contributed by atoms with Gasteiger partial charge in [0.15, 0.2) is 11.5 Å². The molecule has 0 saturated heterocycles. The van der Waals surface area contributed by atoms with Crippen LogP contribution in [0.3, 0.4) is 0 Å². The van der Waals surface area contributed by atoms with Gasteiger partial charge in [-0.2, -0.15) is 0 Å². The van der Waals surface area contributed by atoms with E-state index < -0.39 is 0 Å². The van der Waals surface area contributed by atoms with E-state index in [-0.39, 0.29) is 11.9 Å². The lowest BCUT2D eigenvalue weighted by molar-refractivity contribution is 0.0939. The SMILES string of the molecule is C[C@@H](NC(=O)c1ccc2c(c1)OCCCO2)c1ccc(-n2ccnc2)cc1. The molecule has 2 heterocycles. The van der Waals surface area contributed by atoms with Crippen LogP contribution in [0.5, 0.6) is 11.5 Å². The first-order valence-electron chi connectivity index (χ1n) is 8.99. The molecule has 1 aliphatic heterocycles. The Bertz CT molecular complexity index is 920. The summed E-state index contributed by atoms with van der Waals surface area (Å²) in [5.74, 6) is 1.17. The third-order valence-corrected chi connectivity index (χ3v) is 4.55. The maximum Gasteiger partial charge on any atom is 0.251 e. The Morgan fingerprint density at radius 3 is 2.63 bits per heavy atom. The van der Waals surface area contributed by atoms with Crippen molar-refractivity contribution >= 4 is 5.91 Å². The van der Waals surface area contributed by atoms with Crippen LogP contribution in [0.1, 0.15) is 35.3 Å². The van der Waals surface area contributed by atoms with Gasteiger partial charge in [0.05, 0.1) is 25.6 Å². The highest BCUT2D eigenvalue weighted by atomic mass is 16.5. The summed E-state index contributed by atoms with van der Waals surface area (Å²) in [7, 11) is 0. The van der Waals surface area contributed by atoms with Gasteiger partial charge in [-0.15, -0.1) is 0 Å². The summed E-state index contributed by atoms with van der Waals surface area (Å²) in [6.45, 7) is 3.19. The lowest BCUT2D eigenvalue weighted by Crippen LogP contribution is -2.26. The zero-order valence-corrected chi connectivity index (χ0v) is 15.1. The molecule has 1 aliphatic rings. The number of imidazole rings is 1. The molecule has 4 rings (SSSR count). The number of hydrogen-bond acceptors (Lipinski definition) is 4. The molecule has 3 aromatic rings. The van der Waals surface area contributed by atoms with Crippen LogP contribution in [0.25, 0.3) is 5.69 Å². The van der Waals surface area contributed by atoms with Crippen molar-refractivity contribution in [2.75, 3.05) is 13.2 Å². The lowest BCUT2D eigenvalue weighted by Gasteiger charge is -2.16. The van der Waals surface area contributed by atoms with Crippen molar-refractivity contribution < 1.29 is 14.3 Å². The smallest absolute Gasteiger partial charge is 0.251 e. The average molecular weight is 363 g/mol. The highest BCUT2D eigenvalue weighted by Crippen LogP contribution is 2.30. The summed E-state index contributed by atoms with van der Waals surface area (Å²) in [6, 6.07) is 13.2. The van der Waals surface area contributed by atoms with Crippen molar-refractivity contribution in [1.29, 1.82) is 0 Å². The minimum Gasteiger partial charge on any atom is -0.490 e. The van der Waals surface area contributed by atoms with E-state index in [1.165, 1.54) is 0 Å². The summed E-state index contributed by atoms with van der Waals surface area (Å²) in [6.07, 6.45) is 6.23. The van der Waals surface area contributed by atoms with E-state index >= 15 is 0 Å². The zero-order valence-electron chi connectivity index (χ0n) is 15.1. The molecule has 2 aromatic carbocycles. The number of nitrogens with zero attached hydrogens (tertiary/aromatic N) is 2. The van der Waals surface area contributed by atoms with E-state index in [9.17, 15) is 4.79 Å². The van der Waals surface area contributed by atoms with Gasteiger partial charge in [0.25, 0.3) is 5.91 Å². The molecule has 27 heavy (non-hydrogen) atoms. The summed E-state index contributed by atoms with van der Waals surface area (Å²) < 4.78 is 13.2. The second kappa shape index (κ2) is 7.53. The minimum atomic E-state index is -0.142. The van der Waals surface area contributed by atoms with Crippen LogP contribution in [0.2, 0.25) is 0 Å². The molecular weight excluding hydrogens is 342 g/mol. The summed E-state index contributed by atoms with van der Waals surface area (Å²) in [5.41, 5.74) is 2.61. The van der Waals surface area contributed by atoms with Gasteiger partial charge in [-0.3, -0.25) is 4.79 Å². The first-order chi connectivity index (χ1) is 13.2. The van der Waals surface area contributed by atoms with Crippen molar-refractivity contribution in [3.63, 3.8) is 0 Å². The molecule has 1 atom stereocenters. The Kier molecular flexibility index (Phi) is 4.78. The Hall–Kier alpha value is -3.28. The van der Waals surface area contributed by atoms with Crippen LogP contribution < -0.4 is 14.8 Å². The number of aromatic nitrogens is 2. The molecule has 0 radical (unpaired) electrons. The molecule has 1 amide bonds. The van der Waals surface area contributed by atoms with Crippen LogP contribution >= 0.6 is 0 Å². The number of carbonyl (C=O) groups is 1. The molecule has 138 valence electrons. The van der Waals surface area contributed by atoms with Gasteiger partial charge < -0.3 is 19.4 Å². The van der Waals surface area contributed by atoms with E-state index in [2.05, 4.69) is 10.3 Å². The standard InChI is InChI=1S/C21H21N3O3/c1-15(16-3-6-18(7-4-16)24-10-9-22-14-24)23-21(25)17-5-8-19-20(13-17)27-12-2-11-26-19/h3-10,13-15H,2,11-12H2,1H3,(H,23,25)/t15-/m1/s1. The first kappa shape index (κ1) is 17.1. The quantitative estimate of drug-likeness (QED) is 0.770. The third-order valence-electron chi connectivity index (χ3n) is 4.55. The molecule has 1 aromatic heterocycles. The van der Waals surface area contributed by atoms with Gasteiger partial charge in [0, 0.05) is 30.1 Å². The largest absolute Gasteiger partial charge is 0.490 e. The van der Waals surface area contributed by atoms with Gasteiger partial charge in [-0.05, 0) is 42.8 Å². The second-order valence-electron chi connectivity index (χ2n) is 6.47. The highest BCUT2D eigenvalue weighted by molar-refractivity contribution is 5.95. The van der Waals surface area contributed by atoms with E-state index in [1.807, 2.05) is 42.0 Å². The van der Waals surface area contributed by atoms with Crippen molar-refractivity contribution in [2.45, 2.75) is 19.4 Å². The maximum atomic E-state index is 12.6. The number of fused-ring (bicyclic) bond motifs is 1. The fourth-order valence-corrected chi connectivity index (χ4v) is 3.01. The van der Waals surface area contributed by atoms with Gasteiger partial charge in [0.2, 0.25) is 0 Å². The van der Waals surface area contributed by atoms with Crippen LogP contribution in [-0.4, -0.2) is 28.7 Å². The fourth-order valence-electron chi connectivity index (χ4n) is 3.01. The summed E-state index contributed by atoms with van der Waals surface area (Å²) in [4.78, 5) is 16.7. The molecular formula is C21H21N3O3. The van der Waals surface area contributed by atoms with Gasteiger partial charge in [-0.25, -0.2) is 4.98 Å². The highest BCUT2D eigenvalue weighted by Gasteiger charge is 2.16. The number of rotatable bonds is 4. The number of benzene rings is 2. The molecule has 1 N–H and O–H groups in total. The van der Waals surface area contributed by atoms with Crippen molar-refractivity contribution in [2.24, 2.45) is 0 Å². The third kappa shape index (κ3) is 3.79. The first-order valence-corrected chi connectivity index (χ1v) is 8.99. The van der Waals surface area contributed by atoms with Crippen molar-refractivity contribution in [3.05, 3.63) is 72.3 Å². The monoisotopic (exact) mass is 363 g/mol. The zero-order chi connectivity index (χ0) is 18.6. The predicted molar refractivity (Wildman–Crippen MR) is 101 cm³/mol. The molecule has 0 saturated carbocycles. The summed E-state index contributed by atoms with van der Waals surface area (Å²) in [5, 5.41) is 3.03. The number of hydrogen-bond donors (Lipinski definition) is 1. The van der Waals surface area contributed by atoms with Gasteiger partial charge in [0.1, 0.15) is 0 Å². The molecule has 0 bridgehead atoms. The second-order valence-corrected chi connectivity index (χ2v) is 6.47. The Labute approximate surface area is 157 Å². The fraction of sp³-hybridized carbons (Fsp3) is 0.238. The summed E-state index contributed by atoms with van der Waals surface area (Å²) >= 11 is 0. The molecule has 6 nitrogen and oxygen atoms in total. The number of carbonyl (C=O) groups excluding carboxylic acids is 1. The Morgan fingerprint density at radius 1 is 1.11 bits per heavy atom. The van der Waals surface area contributed by atoms with Crippen LogP contribution in [0.4, 0.5) is 0 Å². The minimum absolute atomic E-state index is 0.120. The Morgan fingerprint density at radius 2 is 1.89 bits per heavy atom. The van der Waals surface area contributed by atoms with E-state index in [4.69, 9.17) is 9.47 Å². The number of amides is 1. The van der Waals surface area contributed by atoms with Gasteiger partial charge in [-0.1, -0.05) is 12.1 Å². The maximum absolute atomic E-state index is 12.6. The predicted octanol–water partition coefficient (Wildman–Crippen LogP) is 3.52. The number of nitrogens with one attached hydrogen (secondary N) is 1. The van der Waals surface area contributed by atoms with E-state index in [1.54, 1.807) is 30.7 Å². The molecule has 0 unspecified atom stereocenters. The number of ether oxygens (including phenoxy) is 2. The molecule has 0 spiro atoms. The average Bonchev–Trinajstić information content (AvgIpc) is 3.13. The van der Waals surface area contributed by atoms with E-state index in [0.717, 1.165) is 17.7 Å². The Balaban J connectivity index is 1.45. The van der Waals surface area contributed by atoms with Crippen LogP contribution in [-0.2, 0) is 0 Å². The van der Waals surface area contributed by atoms with Crippen LogP contribution in [0, 0.1) is 0 Å². The molecule has 0 fully saturated rings. The van der Waals surface area contributed by atoms with Crippen molar-refractivity contribution in [3.8, 4) is 17.2 Å². The van der Waals surface area contributed by atoms with Crippen LogP contribution in [0.15, 0.2) is 61.2 Å². The molecule has 6 heteroatoms. The van der Waals surface area contributed by atoms with Gasteiger partial charge >= 0.3 is 0 Å². The van der Waals surface area contributed by atoms with Crippen molar-refractivity contribution in [1.82, 2.24) is 14.9 Å². The lowest BCUT2D eigenvalue weighted by atomic mass is 10.1. The molecule has 0 aliphatic carbocycles. The topological polar surface area (TPSA) is 65.4 Å². The normalized spacial score (nSPS) is 14.3. The van der Waals surface area contributed by atoms with E-state index in [0.29, 0.717) is 30.3 Å².